The second kappa shape index (κ2) is 9.83. The van der Waals surface area contributed by atoms with Crippen LogP contribution < -0.4 is 4.74 Å². The molecular formula is C26H27NO5. The van der Waals surface area contributed by atoms with Crippen molar-refractivity contribution in [1.29, 1.82) is 0 Å². The smallest absolute Gasteiger partial charge is 0.340 e. The van der Waals surface area contributed by atoms with E-state index in [2.05, 4.69) is 0 Å². The van der Waals surface area contributed by atoms with Crippen LogP contribution in [0.4, 0.5) is 0 Å². The Kier molecular flexibility index (Phi) is 6.71. The van der Waals surface area contributed by atoms with Gasteiger partial charge in [-0.15, -0.1) is 0 Å². The highest BCUT2D eigenvalue weighted by molar-refractivity contribution is 6.16. The Morgan fingerprint density at radius 2 is 1.91 bits per heavy atom. The number of allylic oxidation sites excluding steroid dienone is 1. The van der Waals surface area contributed by atoms with Crippen LogP contribution in [0.25, 0.3) is 6.08 Å². The molecule has 0 saturated carbocycles. The molecular weight excluding hydrogens is 406 g/mol. The van der Waals surface area contributed by atoms with Crippen molar-refractivity contribution in [2.24, 2.45) is 0 Å². The van der Waals surface area contributed by atoms with Gasteiger partial charge < -0.3 is 19.1 Å². The predicted octanol–water partition coefficient (Wildman–Crippen LogP) is 4.12. The number of rotatable bonds is 7. The summed E-state index contributed by atoms with van der Waals surface area (Å²) in [4.78, 5) is 27.6. The SMILES string of the molecule is COC(=O)C1=C(C)N(C[C@@H]2CCCO2)C(=O)/C1=C\c1ccccc1OCc1ccccc1. The fraction of sp³-hybridized carbons (Fsp3) is 0.308. The van der Waals surface area contributed by atoms with E-state index in [0.29, 0.717) is 36.8 Å². The van der Waals surface area contributed by atoms with Gasteiger partial charge in [0, 0.05) is 17.9 Å². The quantitative estimate of drug-likeness (QED) is 0.486. The van der Waals surface area contributed by atoms with Gasteiger partial charge in [-0.05, 0) is 37.5 Å². The zero-order chi connectivity index (χ0) is 22.5. The number of amides is 1. The summed E-state index contributed by atoms with van der Waals surface area (Å²) in [6.07, 6.45) is 3.58. The highest BCUT2D eigenvalue weighted by Gasteiger charge is 2.38. The van der Waals surface area contributed by atoms with E-state index in [4.69, 9.17) is 14.2 Å². The number of benzene rings is 2. The van der Waals surface area contributed by atoms with Crippen molar-refractivity contribution in [2.75, 3.05) is 20.3 Å². The predicted molar refractivity (Wildman–Crippen MR) is 121 cm³/mol. The van der Waals surface area contributed by atoms with E-state index in [0.717, 1.165) is 24.0 Å². The molecule has 1 fully saturated rings. The van der Waals surface area contributed by atoms with Gasteiger partial charge >= 0.3 is 5.97 Å². The van der Waals surface area contributed by atoms with Crippen LogP contribution in [0.3, 0.4) is 0 Å². The highest BCUT2D eigenvalue weighted by Crippen LogP contribution is 2.34. The van der Waals surface area contributed by atoms with Gasteiger partial charge in [0.1, 0.15) is 12.4 Å². The number of carbonyl (C=O) groups excluding carboxylic acids is 2. The van der Waals surface area contributed by atoms with Gasteiger partial charge in [-0.1, -0.05) is 48.5 Å². The number of hydrogen-bond acceptors (Lipinski definition) is 5. The molecule has 0 radical (unpaired) electrons. The largest absolute Gasteiger partial charge is 0.488 e. The molecule has 6 heteroatoms. The van der Waals surface area contributed by atoms with Crippen LogP contribution in [-0.2, 0) is 25.7 Å². The standard InChI is InChI=1S/C26H27NO5/c1-18-24(26(29)30-2)22(25(28)27(18)16-21-12-8-14-31-21)15-20-11-6-7-13-23(20)32-17-19-9-4-3-5-10-19/h3-7,9-11,13,15,21H,8,12,14,16-17H2,1-2H3/b22-15-/t21-/m0/s1. The second-order valence-corrected chi connectivity index (χ2v) is 7.87. The van der Waals surface area contributed by atoms with Crippen molar-refractivity contribution < 1.29 is 23.8 Å². The minimum atomic E-state index is -0.528. The molecule has 0 bridgehead atoms. The lowest BCUT2D eigenvalue weighted by atomic mass is 10.0. The second-order valence-electron chi connectivity index (χ2n) is 7.87. The number of hydrogen-bond donors (Lipinski definition) is 0. The van der Waals surface area contributed by atoms with Gasteiger partial charge in [0.2, 0.25) is 0 Å². The maximum absolute atomic E-state index is 13.3. The maximum atomic E-state index is 13.3. The number of ether oxygens (including phenoxy) is 3. The minimum Gasteiger partial charge on any atom is -0.488 e. The molecule has 1 saturated heterocycles. The Hall–Kier alpha value is -3.38. The summed E-state index contributed by atoms with van der Waals surface area (Å²) < 4.78 is 16.7. The molecule has 2 aliphatic rings. The number of para-hydroxylation sites is 1. The molecule has 2 aromatic carbocycles. The topological polar surface area (TPSA) is 65.1 Å². The summed E-state index contributed by atoms with van der Waals surface area (Å²) in [6.45, 7) is 3.30. The van der Waals surface area contributed by atoms with Crippen molar-refractivity contribution in [1.82, 2.24) is 4.90 Å². The van der Waals surface area contributed by atoms with E-state index in [1.165, 1.54) is 7.11 Å². The van der Waals surface area contributed by atoms with E-state index in [9.17, 15) is 9.59 Å². The molecule has 0 spiro atoms. The minimum absolute atomic E-state index is 0.0198. The summed E-state index contributed by atoms with van der Waals surface area (Å²) in [6, 6.07) is 17.3. The van der Waals surface area contributed by atoms with Gasteiger partial charge in [0.05, 0.1) is 30.9 Å². The fourth-order valence-corrected chi connectivity index (χ4v) is 4.06. The zero-order valence-electron chi connectivity index (χ0n) is 18.4. The summed E-state index contributed by atoms with van der Waals surface area (Å²) >= 11 is 0. The maximum Gasteiger partial charge on any atom is 0.340 e. The molecule has 2 aromatic rings. The van der Waals surface area contributed by atoms with Gasteiger partial charge in [-0.3, -0.25) is 4.79 Å². The summed E-state index contributed by atoms with van der Waals surface area (Å²) in [7, 11) is 1.32. The normalized spacial score (nSPS) is 19.7. The van der Waals surface area contributed by atoms with Gasteiger partial charge in [0.15, 0.2) is 0 Å². The van der Waals surface area contributed by atoms with Crippen LogP contribution in [0.5, 0.6) is 5.75 Å². The summed E-state index contributed by atoms with van der Waals surface area (Å²) in [5.74, 6) is -0.119. The third-order valence-corrected chi connectivity index (χ3v) is 5.77. The van der Waals surface area contributed by atoms with Crippen LogP contribution >= 0.6 is 0 Å². The molecule has 1 amide bonds. The van der Waals surface area contributed by atoms with E-state index in [-0.39, 0.29) is 17.6 Å². The summed E-state index contributed by atoms with van der Waals surface area (Å²) in [5.41, 5.74) is 2.95. The first-order valence-corrected chi connectivity index (χ1v) is 10.8. The highest BCUT2D eigenvalue weighted by atomic mass is 16.5. The Balaban J connectivity index is 1.64. The third kappa shape index (κ3) is 4.60. The van der Waals surface area contributed by atoms with E-state index >= 15 is 0 Å². The average Bonchev–Trinajstić information content (AvgIpc) is 3.41. The van der Waals surface area contributed by atoms with E-state index in [1.807, 2.05) is 54.6 Å². The van der Waals surface area contributed by atoms with Crippen molar-refractivity contribution in [3.8, 4) is 5.75 Å². The first-order chi connectivity index (χ1) is 15.6. The molecule has 2 heterocycles. The van der Waals surface area contributed by atoms with Crippen LogP contribution in [0.1, 0.15) is 30.9 Å². The molecule has 0 aliphatic carbocycles. The molecule has 166 valence electrons. The monoisotopic (exact) mass is 433 g/mol. The zero-order valence-corrected chi connectivity index (χ0v) is 18.4. The van der Waals surface area contributed by atoms with E-state index < -0.39 is 5.97 Å². The van der Waals surface area contributed by atoms with Crippen molar-refractivity contribution in [3.63, 3.8) is 0 Å². The average molecular weight is 434 g/mol. The molecule has 4 rings (SSSR count). The Labute approximate surface area is 188 Å². The lowest BCUT2D eigenvalue weighted by Gasteiger charge is -2.21. The van der Waals surface area contributed by atoms with Crippen LogP contribution in [0.15, 0.2) is 71.4 Å². The Morgan fingerprint density at radius 3 is 2.62 bits per heavy atom. The van der Waals surface area contributed by atoms with Crippen LogP contribution in [0, 0.1) is 0 Å². The Bertz CT molecular complexity index is 1050. The molecule has 1 atom stereocenters. The molecule has 2 aliphatic heterocycles. The first kappa shape index (κ1) is 21.8. The van der Waals surface area contributed by atoms with Gasteiger partial charge in [0.25, 0.3) is 5.91 Å². The molecule has 32 heavy (non-hydrogen) atoms. The molecule has 0 N–H and O–H groups in total. The fourth-order valence-electron chi connectivity index (χ4n) is 4.06. The molecule has 6 nitrogen and oxygen atoms in total. The van der Waals surface area contributed by atoms with Gasteiger partial charge in [-0.2, -0.15) is 0 Å². The first-order valence-electron chi connectivity index (χ1n) is 10.8. The number of nitrogens with zero attached hydrogens (tertiary/aromatic N) is 1. The number of esters is 1. The lowest BCUT2D eigenvalue weighted by molar-refractivity contribution is -0.136. The van der Waals surface area contributed by atoms with Gasteiger partial charge in [-0.25, -0.2) is 4.79 Å². The van der Waals surface area contributed by atoms with Crippen molar-refractivity contribution in [3.05, 3.63) is 82.6 Å². The molecule has 0 unspecified atom stereocenters. The summed E-state index contributed by atoms with van der Waals surface area (Å²) in [5, 5.41) is 0. The number of carbonyl (C=O) groups is 2. The van der Waals surface area contributed by atoms with Crippen LogP contribution in [-0.4, -0.2) is 43.1 Å². The lowest BCUT2D eigenvalue weighted by Crippen LogP contribution is -2.33. The van der Waals surface area contributed by atoms with E-state index in [1.54, 1.807) is 17.9 Å². The third-order valence-electron chi connectivity index (χ3n) is 5.77. The Morgan fingerprint density at radius 1 is 1.16 bits per heavy atom. The molecule has 0 aromatic heterocycles. The van der Waals surface area contributed by atoms with Crippen molar-refractivity contribution >= 4 is 18.0 Å². The van der Waals surface area contributed by atoms with Crippen molar-refractivity contribution in [2.45, 2.75) is 32.5 Å². The van der Waals surface area contributed by atoms with Crippen LogP contribution in [0.2, 0.25) is 0 Å². The number of methoxy groups -OCH3 is 1.